The fourth-order valence-electron chi connectivity index (χ4n) is 12.1. The summed E-state index contributed by atoms with van der Waals surface area (Å²) in [5, 5.41) is 18.4. The van der Waals surface area contributed by atoms with Gasteiger partial charge < -0.3 is 34.3 Å². The summed E-state index contributed by atoms with van der Waals surface area (Å²) in [7, 11) is 0. The predicted octanol–water partition coefficient (Wildman–Crippen LogP) is 5.91. The monoisotopic (exact) mass is 956 g/mol. The Morgan fingerprint density at radius 2 is 1.67 bits per heavy atom. The molecule has 366 valence electrons. The molecule has 6 fully saturated rings. The highest BCUT2D eigenvalue weighted by molar-refractivity contribution is 6.02. The zero-order valence-electron chi connectivity index (χ0n) is 39.4. The zero-order valence-corrected chi connectivity index (χ0v) is 39.4. The molecule has 18 heteroatoms. The third-order valence-electron chi connectivity index (χ3n) is 16.0. The molecule has 0 radical (unpaired) electrons. The molecule has 3 atom stereocenters. The highest BCUT2D eigenvalue weighted by Crippen LogP contribution is 2.47. The number of carbonyl (C=O) groups is 2. The molecule has 3 N–H and O–H groups in total. The van der Waals surface area contributed by atoms with Gasteiger partial charge in [-0.2, -0.15) is 9.97 Å². The predicted molar refractivity (Wildman–Crippen MR) is 260 cm³/mol. The van der Waals surface area contributed by atoms with E-state index in [1.165, 1.54) is 16.7 Å². The lowest BCUT2D eigenvalue weighted by Crippen LogP contribution is -2.51. The Hall–Kier alpha value is -6.24. The van der Waals surface area contributed by atoms with Crippen molar-refractivity contribution < 1.29 is 32.6 Å². The second kappa shape index (κ2) is 17.9. The SMILES string of the molecule is CCc1c(F)ccc2cc(O)cc(-c3ncc4c(N5CC6CCC(C5)N6)nc(OCC5(CN6CCC(CN7CCN(c8ccc9c(c8)oc(=O)n9C8CCC(=O)NC8=O)CC7)CC6)CC5)nc4c3F)c12. The number of ether oxygens (including phenoxy) is 1. The highest BCUT2D eigenvalue weighted by Gasteiger charge is 2.46. The average Bonchev–Trinajstić information content (AvgIpc) is 3.93. The number of nitrogens with zero attached hydrogens (tertiary/aromatic N) is 8. The molecule has 6 aliphatic rings. The summed E-state index contributed by atoms with van der Waals surface area (Å²) in [6.45, 7) is 11.3. The number of aromatic nitrogens is 4. The number of phenols is 1. The molecule has 16 nitrogen and oxygen atoms in total. The number of aromatic hydroxyl groups is 1. The molecule has 12 rings (SSSR count). The van der Waals surface area contributed by atoms with E-state index >= 15 is 8.78 Å². The Bertz CT molecular complexity index is 3090. The van der Waals surface area contributed by atoms with Crippen LogP contribution in [0.1, 0.15) is 69.9 Å². The number of rotatable bonds is 12. The van der Waals surface area contributed by atoms with Crippen LogP contribution in [0, 0.1) is 23.0 Å². The lowest BCUT2D eigenvalue weighted by molar-refractivity contribution is -0.135. The molecule has 2 amide bonds. The largest absolute Gasteiger partial charge is 0.508 e. The van der Waals surface area contributed by atoms with Crippen LogP contribution < -0.4 is 30.9 Å². The molecule has 6 aromatic rings. The first-order valence-corrected chi connectivity index (χ1v) is 25.1. The molecule has 3 aromatic heterocycles. The van der Waals surface area contributed by atoms with Crippen LogP contribution in [0.15, 0.2) is 57.9 Å². The van der Waals surface area contributed by atoms with Crippen LogP contribution in [0.2, 0.25) is 0 Å². The van der Waals surface area contributed by atoms with Crippen LogP contribution in [0.3, 0.4) is 0 Å². The molecule has 8 heterocycles. The van der Waals surface area contributed by atoms with Crippen molar-refractivity contribution >= 4 is 56.1 Å². The lowest BCUT2D eigenvalue weighted by Gasteiger charge is -2.40. The first-order chi connectivity index (χ1) is 34.0. The van der Waals surface area contributed by atoms with Gasteiger partial charge in [0.15, 0.2) is 11.4 Å². The van der Waals surface area contributed by atoms with Crippen LogP contribution in [-0.4, -0.2) is 130 Å². The highest BCUT2D eigenvalue weighted by atomic mass is 19.1. The molecule has 5 saturated heterocycles. The molecule has 2 bridgehead atoms. The lowest BCUT2D eigenvalue weighted by atomic mass is 9.94. The van der Waals surface area contributed by atoms with Crippen molar-refractivity contribution in [2.45, 2.75) is 82.8 Å². The minimum absolute atomic E-state index is 0.0121. The summed E-state index contributed by atoms with van der Waals surface area (Å²) in [4.78, 5) is 61.1. The molecule has 3 aromatic carbocycles. The Labute approximate surface area is 403 Å². The number of hydrogen-bond donors (Lipinski definition) is 3. The van der Waals surface area contributed by atoms with E-state index in [4.69, 9.17) is 19.1 Å². The third kappa shape index (κ3) is 8.40. The van der Waals surface area contributed by atoms with E-state index in [2.05, 4.69) is 35.2 Å². The molecule has 70 heavy (non-hydrogen) atoms. The summed E-state index contributed by atoms with van der Waals surface area (Å²) >= 11 is 0. The van der Waals surface area contributed by atoms with Crippen LogP contribution in [-0.2, 0) is 16.0 Å². The first kappa shape index (κ1) is 44.9. The number of halogens is 2. The normalized spacial score (nSPS) is 23.2. The zero-order chi connectivity index (χ0) is 47.8. The number of piperazine rings is 2. The summed E-state index contributed by atoms with van der Waals surface area (Å²) in [5.41, 5.74) is 2.75. The molecule has 1 saturated carbocycles. The Balaban J connectivity index is 0.692. The van der Waals surface area contributed by atoms with E-state index in [1.54, 1.807) is 18.3 Å². The van der Waals surface area contributed by atoms with Crippen molar-refractivity contribution in [1.82, 2.24) is 40.0 Å². The van der Waals surface area contributed by atoms with E-state index in [0.717, 1.165) is 110 Å². The summed E-state index contributed by atoms with van der Waals surface area (Å²) in [6, 6.07) is 11.7. The number of phenolic OH excluding ortho intramolecular Hbond substituents is 1. The Morgan fingerprint density at radius 1 is 0.886 bits per heavy atom. The van der Waals surface area contributed by atoms with E-state index < -0.39 is 29.3 Å². The summed E-state index contributed by atoms with van der Waals surface area (Å²) in [5.74, 6) is -1.32. The number of pyridine rings is 1. The number of benzene rings is 3. The molecule has 1 aliphatic carbocycles. The smallest absolute Gasteiger partial charge is 0.420 e. The number of piperidine rings is 2. The second-order valence-electron chi connectivity index (χ2n) is 20.7. The van der Waals surface area contributed by atoms with E-state index in [0.29, 0.717) is 75.2 Å². The first-order valence-electron chi connectivity index (χ1n) is 25.1. The molecular weight excluding hydrogens is 899 g/mol. The maximum atomic E-state index is 17.2. The van der Waals surface area contributed by atoms with Crippen molar-refractivity contribution in [3.63, 3.8) is 0 Å². The number of anilines is 2. The topological polar surface area (TPSA) is 174 Å². The number of likely N-dealkylation sites (tertiary alicyclic amines) is 1. The summed E-state index contributed by atoms with van der Waals surface area (Å²) in [6.07, 6.45) is 8.88. The Kier molecular flexibility index (Phi) is 11.5. The van der Waals surface area contributed by atoms with Crippen LogP contribution in [0.25, 0.3) is 44.0 Å². The molecule has 0 spiro atoms. The fourth-order valence-corrected chi connectivity index (χ4v) is 12.1. The number of fused-ring (bicyclic) bond motifs is 5. The minimum atomic E-state index is -0.770. The maximum Gasteiger partial charge on any atom is 0.420 e. The van der Waals surface area contributed by atoms with Gasteiger partial charge in [0, 0.05) is 99.8 Å². The Morgan fingerprint density at radius 3 is 2.41 bits per heavy atom. The van der Waals surface area contributed by atoms with Gasteiger partial charge in [0.1, 0.15) is 34.6 Å². The standard InChI is InChI=1S/C52H58F2N10O6/c1-2-36-39(53)7-3-31-21-35(65)23-37(44(31)36)46-45(54)47-38(24-55-46)48(63-26-32-4-5-33(27-63)56-32)59-50(58-47)69-29-52(13-14-52)28-61-15-11-30(12-16-61)25-60-17-19-62(20-18-60)34-6-8-40-42(22-34)70-51(68)64(40)41-9-10-43(66)57-49(41)67/h3,6-8,21-24,30,32-33,41,56,65H,2,4-5,9-20,25-29H2,1H3,(H,57,66,67). The third-order valence-corrected chi connectivity index (χ3v) is 16.0. The van der Waals surface area contributed by atoms with E-state index in [-0.39, 0.29) is 47.1 Å². The van der Waals surface area contributed by atoms with Crippen molar-refractivity contribution in [3.05, 3.63) is 76.4 Å². The number of nitrogens with one attached hydrogen (secondary N) is 2. The fraction of sp³-hybridized carbons (Fsp3) is 0.500. The van der Waals surface area contributed by atoms with E-state index in [9.17, 15) is 19.5 Å². The quantitative estimate of drug-likeness (QED) is 0.124. The van der Waals surface area contributed by atoms with Gasteiger partial charge in [-0.1, -0.05) is 13.0 Å². The maximum absolute atomic E-state index is 17.2. The molecular formula is C52H58F2N10O6. The van der Waals surface area contributed by atoms with Gasteiger partial charge in [-0.25, -0.2) is 13.6 Å². The van der Waals surface area contributed by atoms with Gasteiger partial charge in [-0.05, 0) is 117 Å². The summed E-state index contributed by atoms with van der Waals surface area (Å²) < 4.78 is 45.8. The van der Waals surface area contributed by atoms with Gasteiger partial charge >= 0.3 is 11.8 Å². The molecule has 3 unspecified atom stereocenters. The van der Waals surface area contributed by atoms with Crippen LogP contribution in [0.4, 0.5) is 20.3 Å². The number of amides is 2. The number of carbonyl (C=O) groups excluding carboxylic acids is 2. The minimum Gasteiger partial charge on any atom is -0.508 e. The van der Waals surface area contributed by atoms with Gasteiger partial charge in [0.05, 0.1) is 17.5 Å². The van der Waals surface area contributed by atoms with Gasteiger partial charge in [0.2, 0.25) is 11.8 Å². The van der Waals surface area contributed by atoms with Crippen LogP contribution >= 0.6 is 0 Å². The van der Waals surface area contributed by atoms with Gasteiger partial charge in [-0.15, -0.1) is 0 Å². The van der Waals surface area contributed by atoms with Gasteiger partial charge in [-0.3, -0.25) is 29.4 Å². The number of imide groups is 1. The van der Waals surface area contributed by atoms with E-state index in [1.807, 2.05) is 25.1 Å². The van der Waals surface area contributed by atoms with Gasteiger partial charge in [0.25, 0.3) is 0 Å². The second-order valence-corrected chi connectivity index (χ2v) is 20.7. The van der Waals surface area contributed by atoms with Crippen LogP contribution in [0.5, 0.6) is 11.8 Å². The van der Waals surface area contributed by atoms with Crippen molar-refractivity contribution in [1.29, 1.82) is 0 Å². The number of oxazole rings is 1. The van der Waals surface area contributed by atoms with Crippen molar-refractivity contribution in [2.75, 3.05) is 81.9 Å². The number of hydrogen-bond acceptors (Lipinski definition) is 14. The molecule has 5 aliphatic heterocycles. The number of aryl methyl sites for hydroxylation is 1. The van der Waals surface area contributed by atoms with Crippen molar-refractivity contribution in [2.24, 2.45) is 11.3 Å². The average molecular weight is 957 g/mol. The van der Waals surface area contributed by atoms with Crippen molar-refractivity contribution in [3.8, 4) is 23.0 Å².